The van der Waals surface area contributed by atoms with E-state index in [1.54, 1.807) is 12.1 Å². The Bertz CT molecular complexity index is 829. The van der Waals surface area contributed by atoms with Crippen LogP contribution in [0, 0.1) is 5.92 Å². The molecule has 8 heteroatoms. The first kappa shape index (κ1) is 23.3. The van der Waals surface area contributed by atoms with Crippen LogP contribution in [-0.2, 0) is 9.53 Å². The van der Waals surface area contributed by atoms with Gasteiger partial charge in [0.15, 0.2) is 0 Å². The van der Waals surface area contributed by atoms with Crippen molar-refractivity contribution in [3.05, 3.63) is 22.7 Å². The molecule has 2 unspecified atom stereocenters. The van der Waals surface area contributed by atoms with E-state index in [-0.39, 0.29) is 17.9 Å². The molecule has 3 fully saturated rings. The van der Waals surface area contributed by atoms with Crippen molar-refractivity contribution in [3.8, 4) is 5.75 Å². The molecule has 0 spiro atoms. The van der Waals surface area contributed by atoms with Gasteiger partial charge in [-0.05, 0) is 37.7 Å². The number of amides is 2. The maximum Gasteiger partial charge on any atom is 0.255 e. The largest absolute Gasteiger partial charge is 0.496 e. The summed E-state index contributed by atoms with van der Waals surface area (Å²) in [6, 6.07) is 3.93. The smallest absolute Gasteiger partial charge is 0.255 e. The number of piperidine rings is 1. The van der Waals surface area contributed by atoms with Gasteiger partial charge in [0.1, 0.15) is 5.75 Å². The molecule has 0 radical (unpaired) electrons. The lowest BCUT2D eigenvalue weighted by Gasteiger charge is -2.50. The normalized spacial score (nSPS) is 26.4. The van der Waals surface area contributed by atoms with Gasteiger partial charge in [-0.25, -0.2) is 0 Å². The zero-order valence-electron chi connectivity index (χ0n) is 19.0. The lowest BCUT2D eigenvalue weighted by molar-refractivity contribution is -0.114. The quantitative estimate of drug-likeness (QED) is 0.669. The highest BCUT2D eigenvalue weighted by molar-refractivity contribution is 6.34. The van der Waals surface area contributed by atoms with E-state index in [1.807, 2.05) is 0 Å². The second-order valence-corrected chi connectivity index (χ2v) is 9.81. The fourth-order valence-electron chi connectivity index (χ4n) is 5.52. The number of rotatable bonds is 6. The zero-order valence-corrected chi connectivity index (χ0v) is 19.7. The van der Waals surface area contributed by atoms with Crippen LogP contribution in [-0.4, -0.2) is 61.7 Å². The number of benzene rings is 1. The van der Waals surface area contributed by atoms with E-state index in [0.29, 0.717) is 34.1 Å². The van der Waals surface area contributed by atoms with Gasteiger partial charge in [-0.1, -0.05) is 30.9 Å². The molecule has 1 aromatic rings. The molecule has 2 heterocycles. The minimum absolute atomic E-state index is 0.0857. The van der Waals surface area contributed by atoms with Crippen LogP contribution in [0.4, 0.5) is 5.69 Å². The third-order valence-corrected chi connectivity index (χ3v) is 7.36. The highest BCUT2D eigenvalue weighted by Gasteiger charge is 2.40. The molecule has 1 aliphatic carbocycles. The lowest BCUT2D eigenvalue weighted by atomic mass is 9.85. The number of morpholine rings is 1. The Morgan fingerprint density at radius 2 is 1.84 bits per heavy atom. The average Bonchev–Trinajstić information content (AvgIpc) is 2.75. The van der Waals surface area contributed by atoms with Crippen LogP contribution in [0.1, 0.15) is 62.2 Å². The monoisotopic (exact) mass is 463 g/mol. The minimum atomic E-state index is -0.236. The highest BCUT2D eigenvalue weighted by atomic mass is 35.5. The topological polar surface area (TPSA) is 79.9 Å². The van der Waals surface area contributed by atoms with Gasteiger partial charge in [-0.3, -0.25) is 14.5 Å². The van der Waals surface area contributed by atoms with E-state index >= 15 is 0 Å². The fraction of sp³-hybridized carbons (Fsp3) is 0.667. The molecule has 1 saturated carbocycles. The molecular weight excluding hydrogens is 430 g/mol. The molecule has 3 aliphatic rings. The molecular formula is C24H34ClN3O4. The van der Waals surface area contributed by atoms with Crippen LogP contribution < -0.4 is 15.4 Å². The number of anilines is 1. The number of methoxy groups -OCH3 is 1. The summed E-state index contributed by atoms with van der Waals surface area (Å²) in [6.07, 6.45) is 8.53. The maximum absolute atomic E-state index is 13.1. The van der Waals surface area contributed by atoms with Crippen LogP contribution >= 0.6 is 11.6 Å². The molecule has 2 saturated heterocycles. The summed E-state index contributed by atoms with van der Waals surface area (Å²) in [5.41, 5.74) is 0.799. The average molecular weight is 464 g/mol. The van der Waals surface area contributed by atoms with Gasteiger partial charge in [-0.2, -0.15) is 0 Å². The van der Waals surface area contributed by atoms with Crippen molar-refractivity contribution in [3.63, 3.8) is 0 Å². The van der Waals surface area contributed by atoms with E-state index in [9.17, 15) is 9.59 Å². The highest BCUT2D eigenvalue weighted by Crippen LogP contribution is 2.34. The van der Waals surface area contributed by atoms with E-state index in [2.05, 4.69) is 15.5 Å². The first-order chi connectivity index (χ1) is 15.4. The maximum atomic E-state index is 13.1. The molecule has 32 heavy (non-hydrogen) atoms. The van der Waals surface area contributed by atoms with Crippen molar-refractivity contribution in [1.29, 1.82) is 0 Å². The second-order valence-electron chi connectivity index (χ2n) is 9.40. The molecule has 7 nitrogen and oxygen atoms in total. The molecule has 1 aromatic carbocycles. The standard InChI is InChI=1S/C24H34ClN3O4/c1-15(29)26-22-11-23(31-2)20(10-21(22)25)24(30)27-17-8-18-13-32-14-19(9-17)28(18)12-16-6-4-3-5-7-16/h10-11,16-19H,3-9,12-14H2,1-2H3,(H,26,29)(H,27,30). The number of fused-ring (bicyclic) bond motifs is 2. The number of nitrogens with zero attached hydrogens (tertiary/aromatic N) is 1. The predicted octanol–water partition coefficient (Wildman–Crippen LogP) is 3.85. The summed E-state index contributed by atoms with van der Waals surface area (Å²) < 4.78 is 11.3. The Morgan fingerprint density at radius 1 is 1.16 bits per heavy atom. The Morgan fingerprint density at radius 3 is 2.47 bits per heavy atom. The van der Waals surface area contributed by atoms with Crippen LogP contribution in [0.2, 0.25) is 5.02 Å². The summed E-state index contributed by atoms with van der Waals surface area (Å²) >= 11 is 6.31. The Kier molecular flexibility index (Phi) is 7.59. The van der Waals surface area contributed by atoms with Crippen LogP contribution in [0.3, 0.4) is 0 Å². The van der Waals surface area contributed by atoms with Crippen LogP contribution in [0.5, 0.6) is 5.75 Å². The Balaban J connectivity index is 1.42. The van der Waals surface area contributed by atoms with Crippen LogP contribution in [0.15, 0.2) is 12.1 Å². The first-order valence-corrected chi connectivity index (χ1v) is 12.1. The van der Waals surface area contributed by atoms with Crippen molar-refractivity contribution in [2.24, 2.45) is 5.92 Å². The van der Waals surface area contributed by atoms with Crippen LogP contribution in [0.25, 0.3) is 0 Å². The number of nitrogens with one attached hydrogen (secondary N) is 2. The Hall–Kier alpha value is -1.83. The third kappa shape index (κ3) is 5.38. The molecule has 4 rings (SSSR count). The molecule has 2 aliphatic heterocycles. The van der Waals surface area contributed by atoms with Gasteiger partial charge in [0, 0.05) is 37.7 Å². The molecule has 2 bridgehead atoms. The van der Waals surface area contributed by atoms with Gasteiger partial charge in [0.25, 0.3) is 5.91 Å². The van der Waals surface area contributed by atoms with Crippen molar-refractivity contribution in [2.45, 2.75) is 70.0 Å². The number of carbonyl (C=O) groups excluding carboxylic acids is 2. The number of hydrogen-bond acceptors (Lipinski definition) is 5. The number of hydrogen-bond donors (Lipinski definition) is 2. The van der Waals surface area contributed by atoms with Gasteiger partial charge in [-0.15, -0.1) is 0 Å². The summed E-state index contributed by atoms with van der Waals surface area (Å²) in [7, 11) is 1.50. The predicted molar refractivity (Wildman–Crippen MR) is 124 cm³/mol. The summed E-state index contributed by atoms with van der Waals surface area (Å²) in [5.74, 6) is 0.739. The molecule has 0 aromatic heterocycles. The number of halogens is 1. The zero-order chi connectivity index (χ0) is 22.7. The molecule has 2 atom stereocenters. The first-order valence-electron chi connectivity index (χ1n) is 11.7. The van der Waals surface area contributed by atoms with Crippen molar-refractivity contribution >= 4 is 29.1 Å². The van der Waals surface area contributed by atoms with E-state index in [1.165, 1.54) is 46.1 Å². The lowest BCUT2D eigenvalue weighted by Crippen LogP contribution is -2.61. The summed E-state index contributed by atoms with van der Waals surface area (Å²) in [6.45, 7) is 4.03. The number of carbonyl (C=O) groups is 2. The van der Waals surface area contributed by atoms with E-state index < -0.39 is 0 Å². The SMILES string of the molecule is COc1cc(NC(C)=O)c(Cl)cc1C(=O)NC1CC2COCC(C1)N2CC1CCCCC1. The molecule has 176 valence electrons. The number of ether oxygens (including phenoxy) is 2. The van der Waals surface area contributed by atoms with E-state index in [0.717, 1.165) is 38.5 Å². The minimum Gasteiger partial charge on any atom is -0.496 e. The van der Waals surface area contributed by atoms with E-state index in [4.69, 9.17) is 21.1 Å². The van der Waals surface area contributed by atoms with Crippen molar-refractivity contribution in [1.82, 2.24) is 10.2 Å². The van der Waals surface area contributed by atoms with Gasteiger partial charge in [0.05, 0.1) is 36.6 Å². The van der Waals surface area contributed by atoms with Gasteiger partial charge < -0.3 is 20.1 Å². The summed E-state index contributed by atoms with van der Waals surface area (Å²) in [4.78, 5) is 27.2. The van der Waals surface area contributed by atoms with Gasteiger partial charge >= 0.3 is 0 Å². The molecule has 2 amide bonds. The third-order valence-electron chi connectivity index (χ3n) is 7.05. The second kappa shape index (κ2) is 10.4. The summed E-state index contributed by atoms with van der Waals surface area (Å²) in [5, 5.41) is 6.17. The van der Waals surface area contributed by atoms with Gasteiger partial charge in [0.2, 0.25) is 5.91 Å². The molecule has 2 N–H and O–H groups in total. The van der Waals surface area contributed by atoms with Crippen molar-refractivity contribution in [2.75, 3.05) is 32.2 Å². The fourth-order valence-corrected chi connectivity index (χ4v) is 5.73. The van der Waals surface area contributed by atoms with Crippen molar-refractivity contribution < 1.29 is 19.1 Å². The Labute approximate surface area is 195 Å².